The average Bonchev–Trinajstić information content (AvgIpc) is 2.26. The standard InChI is InChI=1S/C16H24F3N/c1-12-6-8-14(9-7-12)10-13(2)20(15(3,4)5)11-16(17,18)19/h6-9,13H,10-11H2,1-5H3. The summed E-state index contributed by atoms with van der Waals surface area (Å²) in [6.45, 7) is 8.46. The molecule has 0 radical (unpaired) electrons. The van der Waals surface area contributed by atoms with Gasteiger partial charge in [0.05, 0.1) is 6.54 Å². The van der Waals surface area contributed by atoms with Crippen LogP contribution in [0.2, 0.25) is 0 Å². The lowest BCUT2D eigenvalue weighted by molar-refractivity contribution is -0.162. The molecule has 0 aliphatic rings. The van der Waals surface area contributed by atoms with E-state index in [1.807, 2.05) is 58.9 Å². The molecule has 1 atom stereocenters. The van der Waals surface area contributed by atoms with Crippen molar-refractivity contribution in [2.75, 3.05) is 6.54 Å². The van der Waals surface area contributed by atoms with Crippen molar-refractivity contribution in [2.45, 2.75) is 58.8 Å². The van der Waals surface area contributed by atoms with Crippen molar-refractivity contribution in [2.24, 2.45) is 0 Å². The molecule has 1 aromatic rings. The van der Waals surface area contributed by atoms with Gasteiger partial charge in [0.2, 0.25) is 0 Å². The number of nitrogens with zero attached hydrogens (tertiary/aromatic N) is 1. The number of aryl methyl sites for hydroxylation is 1. The van der Waals surface area contributed by atoms with Crippen molar-refractivity contribution in [3.8, 4) is 0 Å². The first kappa shape index (κ1) is 17.0. The second-order valence-electron chi connectivity index (χ2n) is 6.45. The van der Waals surface area contributed by atoms with Crippen LogP contribution >= 0.6 is 0 Å². The van der Waals surface area contributed by atoms with Gasteiger partial charge in [0.15, 0.2) is 0 Å². The Morgan fingerprint density at radius 3 is 1.95 bits per heavy atom. The van der Waals surface area contributed by atoms with Crippen LogP contribution in [0.25, 0.3) is 0 Å². The zero-order valence-electron chi connectivity index (χ0n) is 12.9. The highest BCUT2D eigenvalue weighted by molar-refractivity contribution is 5.22. The molecule has 1 nitrogen and oxygen atoms in total. The summed E-state index contributed by atoms with van der Waals surface area (Å²) in [5, 5.41) is 0. The van der Waals surface area contributed by atoms with Crippen LogP contribution in [-0.2, 0) is 6.42 Å². The van der Waals surface area contributed by atoms with E-state index in [2.05, 4.69) is 0 Å². The predicted molar refractivity (Wildman–Crippen MR) is 76.9 cm³/mol. The fraction of sp³-hybridized carbons (Fsp3) is 0.625. The van der Waals surface area contributed by atoms with Crippen LogP contribution in [0.5, 0.6) is 0 Å². The third kappa shape index (κ3) is 5.53. The summed E-state index contributed by atoms with van der Waals surface area (Å²) in [6, 6.07) is 7.79. The minimum atomic E-state index is -4.17. The number of hydrogen-bond acceptors (Lipinski definition) is 1. The molecule has 1 rings (SSSR count). The molecular weight excluding hydrogens is 263 g/mol. The van der Waals surface area contributed by atoms with Crippen molar-refractivity contribution < 1.29 is 13.2 Å². The van der Waals surface area contributed by atoms with Crippen molar-refractivity contribution in [3.05, 3.63) is 35.4 Å². The Morgan fingerprint density at radius 2 is 1.55 bits per heavy atom. The molecule has 1 unspecified atom stereocenters. The van der Waals surface area contributed by atoms with Crippen molar-refractivity contribution in [1.82, 2.24) is 4.90 Å². The van der Waals surface area contributed by atoms with E-state index in [1.165, 1.54) is 4.90 Å². The van der Waals surface area contributed by atoms with E-state index in [9.17, 15) is 13.2 Å². The van der Waals surface area contributed by atoms with Crippen molar-refractivity contribution in [3.63, 3.8) is 0 Å². The monoisotopic (exact) mass is 287 g/mol. The third-order valence-electron chi connectivity index (χ3n) is 3.40. The third-order valence-corrected chi connectivity index (χ3v) is 3.40. The molecule has 0 N–H and O–H groups in total. The van der Waals surface area contributed by atoms with Crippen LogP contribution in [0.1, 0.15) is 38.8 Å². The summed E-state index contributed by atoms with van der Waals surface area (Å²) in [5.41, 5.74) is 1.71. The van der Waals surface area contributed by atoms with Gasteiger partial charge in [0, 0.05) is 11.6 Å². The van der Waals surface area contributed by atoms with Crippen molar-refractivity contribution >= 4 is 0 Å². The summed E-state index contributed by atoms with van der Waals surface area (Å²) >= 11 is 0. The van der Waals surface area contributed by atoms with E-state index in [-0.39, 0.29) is 6.04 Å². The molecule has 114 valence electrons. The summed E-state index contributed by atoms with van der Waals surface area (Å²) in [4.78, 5) is 1.52. The number of halogens is 3. The Bertz CT molecular complexity index is 415. The van der Waals surface area contributed by atoms with Crippen LogP contribution in [0, 0.1) is 6.92 Å². The molecule has 0 bridgehead atoms. The van der Waals surface area contributed by atoms with Gasteiger partial charge in [-0.15, -0.1) is 0 Å². The Kier molecular flexibility index (Phi) is 5.25. The lowest BCUT2D eigenvalue weighted by atomic mass is 9.98. The molecule has 0 aromatic heterocycles. The van der Waals surface area contributed by atoms with E-state index in [0.717, 1.165) is 11.1 Å². The Hall–Kier alpha value is -1.03. The van der Waals surface area contributed by atoms with Crippen LogP contribution in [0.4, 0.5) is 13.2 Å². The molecule has 0 saturated carbocycles. The topological polar surface area (TPSA) is 3.24 Å². The van der Waals surface area contributed by atoms with Gasteiger partial charge >= 0.3 is 6.18 Å². The highest BCUT2D eigenvalue weighted by Crippen LogP contribution is 2.26. The first-order valence-electron chi connectivity index (χ1n) is 6.88. The van der Waals surface area contributed by atoms with E-state index in [4.69, 9.17) is 0 Å². The molecule has 4 heteroatoms. The molecule has 0 fully saturated rings. The van der Waals surface area contributed by atoms with E-state index in [1.54, 1.807) is 0 Å². The molecule has 0 heterocycles. The summed E-state index contributed by atoms with van der Waals surface area (Å²) in [7, 11) is 0. The molecular formula is C16H24F3N. The van der Waals surface area contributed by atoms with Crippen LogP contribution in [-0.4, -0.2) is 29.2 Å². The first-order chi connectivity index (χ1) is 8.99. The van der Waals surface area contributed by atoms with Crippen LogP contribution in [0.3, 0.4) is 0 Å². The molecule has 0 amide bonds. The Labute approximate surface area is 119 Å². The zero-order chi connectivity index (χ0) is 15.6. The summed E-state index contributed by atoms with van der Waals surface area (Å²) in [6.07, 6.45) is -3.55. The van der Waals surface area contributed by atoms with Gasteiger partial charge in [-0.25, -0.2) is 0 Å². The lowest BCUT2D eigenvalue weighted by Crippen LogP contribution is -2.51. The first-order valence-corrected chi connectivity index (χ1v) is 6.88. The number of benzene rings is 1. The maximum Gasteiger partial charge on any atom is 0.401 e. The second kappa shape index (κ2) is 6.17. The van der Waals surface area contributed by atoms with Gasteiger partial charge in [-0.05, 0) is 46.6 Å². The summed E-state index contributed by atoms with van der Waals surface area (Å²) < 4.78 is 38.2. The highest BCUT2D eigenvalue weighted by Gasteiger charge is 2.37. The minimum absolute atomic E-state index is 0.167. The van der Waals surface area contributed by atoms with E-state index < -0.39 is 18.3 Å². The van der Waals surface area contributed by atoms with Crippen LogP contribution < -0.4 is 0 Å². The fourth-order valence-corrected chi connectivity index (χ4v) is 2.42. The van der Waals surface area contributed by atoms with Gasteiger partial charge in [0.1, 0.15) is 0 Å². The van der Waals surface area contributed by atoms with Gasteiger partial charge in [0.25, 0.3) is 0 Å². The number of rotatable bonds is 4. The Morgan fingerprint density at radius 1 is 1.05 bits per heavy atom. The van der Waals surface area contributed by atoms with Gasteiger partial charge < -0.3 is 0 Å². The normalized spacial score (nSPS) is 14.7. The SMILES string of the molecule is Cc1ccc(CC(C)N(CC(F)(F)F)C(C)(C)C)cc1. The van der Waals surface area contributed by atoms with Gasteiger partial charge in [-0.1, -0.05) is 29.8 Å². The molecule has 20 heavy (non-hydrogen) atoms. The smallest absolute Gasteiger partial charge is 0.287 e. The maximum absolute atomic E-state index is 12.7. The quantitative estimate of drug-likeness (QED) is 0.783. The zero-order valence-corrected chi connectivity index (χ0v) is 12.9. The highest BCUT2D eigenvalue weighted by atomic mass is 19.4. The fourth-order valence-electron chi connectivity index (χ4n) is 2.42. The molecule has 0 saturated heterocycles. The summed E-state index contributed by atoms with van der Waals surface area (Å²) in [5.74, 6) is 0. The van der Waals surface area contributed by atoms with E-state index in [0.29, 0.717) is 6.42 Å². The number of alkyl halides is 3. The largest absolute Gasteiger partial charge is 0.401 e. The average molecular weight is 287 g/mol. The second-order valence-corrected chi connectivity index (χ2v) is 6.45. The van der Waals surface area contributed by atoms with Crippen LogP contribution in [0.15, 0.2) is 24.3 Å². The maximum atomic E-state index is 12.7. The Balaban J connectivity index is 2.83. The minimum Gasteiger partial charge on any atom is -0.287 e. The lowest BCUT2D eigenvalue weighted by Gasteiger charge is -2.40. The van der Waals surface area contributed by atoms with Gasteiger partial charge in [-0.3, -0.25) is 4.90 Å². The van der Waals surface area contributed by atoms with E-state index >= 15 is 0 Å². The molecule has 1 aromatic carbocycles. The molecule has 0 spiro atoms. The molecule has 0 aliphatic heterocycles. The van der Waals surface area contributed by atoms with Crippen molar-refractivity contribution in [1.29, 1.82) is 0 Å². The van der Waals surface area contributed by atoms with Gasteiger partial charge in [-0.2, -0.15) is 13.2 Å². The molecule has 0 aliphatic carbocycles. The number of hydrogen-bond donors (Lipinski definition) is 0. The predicted octanol–water partition coefficient (Wildman–Crippen LogP) is 4.59.